The zero-order valence-corrected chi connectivity index (χ0v) is 15.2. The van der Waals surface area contributed by atoms with Crippen molar-refractivity contribution in [2.45, 2.75) is 37.0 Å². The molecule has 1 amide bonds. The molecule has 3 atom stereocenters. The van der Waals surface area contributed by atoms with E-state index in [-0.39, 0.29) is 18.7 Å². The van der Waals surface area contributed by atoms with Gasteiger partial charge in [-0.3, -0.25) is 4.90 Å². The van der Waals surface area contributed by atoms with Gasteiger partial charge in [-0.15, -0.1) is 6.58 Å². The summed E-state index contributed by atoms with van der Waals surface area (Å²) >= 11 is 0. The van der Waals surface area contributed by atoms with Crippen molar-refractivity contribution >= 4 is 6.09 Å². The topological polar surface area (TPSA) is 57.2 Å². The molecule has 26 heavy (non-hydrogen) atoms. The van der Waals surface area contributed by atoms with Crippen molar-refractivity contribution in [3.8, 4) is 0 Å². The number of nitrogens with zero attached hydrogens (tertiary/aromatic N) is 1. The third kappa shape index (κ3) is 3.40. The minimum atomic E-state index is -0.940. The van der Waals surface area contributed by atoms with Crippen molar-refractivity contribution in [2.24, 2.45) is 0 Å². The van der Waals surface area contributed by atoms with Gasteiger partial charge in [-0.1, -0.05) is 48.6 Å². The first-order valence-corrected chi connectivity index (χ1v) is 8.65. The minimum absolute atomic E-state index is 0.210. The zero-order valence-electron chi connectivity index (χ0n) is 15.2. The van der Waals surface area contributed by atoms with Crippen LogP contribution >= 0.6 is 0 Å². The summed E-state index contributed by atoms with van der Waals surface area (Å²) in [6.07, 6.45) is 5.11. The number of hydrogen-bond acceptors (Lipinski definition) is 5. The van der Waals surface area contributed by atoms with Gasteiger partial charge in [0.05, 0.1) is 18.7 Å². The Morgan fingerprint density at radius 3 is 2.73 bits per heavy atom. The van der Waals surface area contributed by atoms with Crippen molar-refractivity contribution in [1.82, 2.24) is 4.90 Å². The Labute approximate surface area is 154 Å². The molecular weight excluding hydrogens is 334 g/mol. The Balaban J connectivity index is 1.82. The molecule has 2 aliphatic rings. The van der Waals surface area contributed by atoms with Crippen LogP contribution in [0.25, 0.3) is 0 Å². The molecular formula is C20H25NO5. The lowest BCUT2D eigenvalue weighted by Gasteiger charge is -2.52. The summed E-state index contributed by atoms with van der Waals surface area (Å²) in [4.78, 5) is 14.5. The third-order valence-electron chi connectivity index (χ3n) is 5.00. The molecule has 1 aromatic rings. The van der Waals surface area contributed by atoms with Crippen molar-refractivity contribution in [3.63, 3.8) is 0 Å². The van der Waals surface area contributed by atoms with Crippen LogP contribution in [-0.2, 0) is 25.6 Å². The Hall–Kier alpha value is -2.15. The average Bonchev–Trinajstić information content (AvgIpc) is 2.71. The lowest BCUT2D eigenvalue weighted by molar-refractivity contribution is -0.299. The van der Waals surface area contributed by atoms with Gasteiger partial charge in [0.1, 0.15) is 12.7 Å². The highest BCUT2D eigenvalue weighted by atomic mass is 16.7. The van der Waals surface area contributed by atoms with Crippen LogP contribution in [0.3, 0.4) is 0 Å². The van der Waals surface area contributed by atoms with Gasteiger partial charge >= 0.3 is 6.09 Å². The number of benzene rings is 1. The molecule has 1 saturated heterocycles. The Bertz CT molecular complexity index is 655. The molecule has 0 spiro atoms. The average molecular weight is 359 g/mol. The Morgan fingerprint density at radius 2 is 2.08 bits per heavy atom. The van der Waals surface area contributed by atoms with Crippen LogP contribution in [0.2, 0.25) is 0 Å². The van der Waals surface area contributed by atoms with Crippen molar-refractivity contribution < 1.29 is 23.7 Å². The summed E-state index contributed by atoms with van der Waals surface area (Å²) in [7, 11) is 3.18. The van der Waals surface area contributed by atoms with E-state index in [9.17, 15) is 4.79 Å². The Morgan fingerprint density at radius 1 is 1.35 bits per heavy atom. The van der Waals surface area contributed by atoms with E-state index in [1.807, 2.05) is 42.5 Å². The molecule has 0 unspecified atom stereocenters. The molecule has 1 aromatic carbocycles. The van der Waals surface area contributed by atoms with E-state index in [1.165, 1.54) is 0 Å². The van der Waals surface area contributed by atoms with Crippen LogP contribution < -0.4 is 0 Å². The van der Waals surface area contributed by atoms with Gasteiger partial charge in [0.2, 0.25) is 0 Å². The number of rotatable bonds is 5. The maximum atomic E-state index is 12.9. The van der Waals surface area contributed by atoms with E-state index >= 15 is 0 Å². The first-order valence-electron chi connectivity index (χ1n) is 8.65. The largest absolute Gasteiger partial charge is 0.445 e. The summed E-state index contributed by atoms with van der Waals surface area (Å²) < 4.78 is 22.8. The van der Waals surface area contributed by atoms with Crippen molar-refractivity contribution in [1.29, 1.82) is 0 Å². The van der Waals surface area contributed by atoms with Gasteiger partial charge in [0, 0.05) is 20.6 Å². The predicted molar refractivity (Wildman–Crippen MR) is 96.5 cm³/mol. The first kappa shape index (κ1) is 18.6. The van der Waals surface area contributed by atoms with Crippen LogP contribution in [-0.4, -0.2) is 55.8 Å². The van der Waals surface area contributed by atoms with Gasteiger partial charge in [0.15, 0.2) is 5.79 Å². The monoisotopic (exact) mass is 359 g/mol. The van der Waals surface area contributed by atoms with E-state index in [0.29, 0.717) is 13.0 Å². The second-order valence-electron chi connectivity index (χ2n) is 6.35. The lowest BCUT2D eigenvalue weighted by Crippen LogP contribution is -2.68. The smallest absolute Gasteiger partial charge is 0.411 e. The van der Waals surface area contributed by atoms with Crippen LogP contribution in [0.4, 0.5) is 4.79 Å². The molecule has 0 aromatic heterocycles. The number of fused-ring (bicyclic) bond motifs is 1. The standard InChI is InChI=1S/C20H25NO5/c1-4-16-13-20(23-2,24-3)18-17(11-8-12-25-18)21(16)19(22)26-14-15-9-6-5-7-10-15/h4-11,16-18H,1,12-14H2,2-3H3/t16-,17+,18-/m0/s1. The van der Waals surface area contributed by atoms with Crippen LogP contribution in [0, 0.1) is 0 Å². The van der Waals surface area contributed by atoms with E-state index in [2.05, 4.69) is 6.58 Å². The lowest BCUT2D eigenvalue weighted by atomic mass is 9.86. The summed E-state index contributed by atoms with van der Waals surface area (Å²) in [5.74, 6) is -0.940. The van der Waals surface area contributed by atoms with Gasteiger partial charge in [-0.25, -0.2) is 4.79 Å². The van der Waals surface area contributed by atoms with Crippen LogP contribution in [0.5, 0.6) is 0 Å². The number of carbonyl (C=O) groups excluding carboxylic acids is 1. The maximum absolute atomic E-state index is 12.9. The molecule has 0 N–H and O–H groups in total. The number of carbonyl (C=O) groups is 1. The number of amides is 1. The van der Waals surface area contributed by atoms with Crippen molar-refractivity contribution in [3.05, 3.63) is 60.7 Å². The molecule has 2 aliphatic heterocycles. The molecule has 6 nitrogen and oxygen atoms in total. The molecule has 1 fully saturated rings. The second kappa shape index (κ2) is 8.03. The molecule has 0 bridgehead atoms. The number of hydrogen-bond donors (Lipinski definition) is 0. The zero-order chi connectivity index (χ0) is 18.6. The van der Waals surface area contributed by atoms with Crippen molar-refractivity contribution in [2.75, 3.05) is 20.8 Å². The highest BCUT2D eigenvalue weighted by molar-refractivity contribution is 5.70. The second-order valence-corrected chi connectivity index (χ2v) is 6.35. The molecule has 0 saturated carbocycles. The molecule has 0 radical (unpaired) electrons. The molecule has 2 heterocycles. The van der Waals surface area contributed by atoms with Crippen LogP contribution in [0.15, 0.2) is 55.1 Å². The van der Waals surface area contributed by atoms with E-state index in [4.69, 9.17) is 18.9 Å². The van der Waals surface area contributed by atoms with E-state index in [0.717, 1.165) is 5.56 Å². The summed E-state index contributed by atoms with van der Waals surface area (Å²) in [5.41, 5.74) is 0.933. The summed E-state index contributed by atoms with van der Waals surface area (Å²) in [5, 5.41) is 0. The first-order chi connectivity index (χ1) is 12.6. The highest BCUT2D eigenvalue weighted by Gasteiger charge is 2.55. The molecule has 6 heteroatoms. The fourth-order valence-electron chi connectivity index (χ4n) is 3.64. The predicted octanol–water partition coefficient (Wildman–Crippen LogP) is 2.90. The van der Waals surface area contributed by atoms with Gasteiger partial charge in [0.25, 0.3) is 0 Å². The Kier molecular flexibility index (Phi) is 5.76. The SMILES string of the molecule is C=C[C@H]1CC(OC)(OC)[C@H]2OCC=C[C@H]2N1C(=O)OCc1ccccc1. The molecule has 0 aliphatic carbocycles. The summed E-state index contributed by atoms with van der Waals surface area (Å²) in [6.45, 7) is 4.54. The number of piperidine rings is 1. The molecule has 140 valence electrons. The number of likely N-dealkylation sites (tertiary alicyclic amines) is 1. The quantitative estimate of drug-likeness (QED) is 0.598. The number of ether oxygens (including phenoxy) is 4. The maximum Gasteiger partial charge on any atom is 0.411 e. The van der Waals surface area contributed by atoms with Gasteiger partial charge in [-0.05, 0) is 5.56 Å². The van der Waals surface area contributed by atoms with Crippen LogP contribution in [0.1, 0.15) is 12.0 Å². The minimum Gasteiger partial charge on any atom is -0.445 e. The summed E-state index contributed by atoms with van der Waals surface area (Å²) in [6, 6.07) is 8.93. The fourth-order valence-corrected chi connectivity index (χ4v) is 3.64. The fraction of sp³-hybridized carbons (Fsp3) is 0.450. The number of methoxy groups -OCH3 is 2. The van der Waals surface area contributed by atoms with Gasteiger partial charge < -0.3 is 18.9 Å². The molecule has 3 rings (SSSR count). The normalized spacial score (nSPS) is 26.8. The van der Waals surface area contributed by atoms with E-state index in [1.54, 1.807) is 25.2 Å². The third-order valence-corrected chi connectivity index (χ3v) is 5.00. The van der Waals surface area contributed by atoms with Gasteiger partial charge in [-0.2, -0.15) is 0 Å². The highest BCUT2D eigenvalue weighted by Crippen LogP contribution is 2.39. The van der Waals surface area contributed by atoms with E-state index < -0.39 is 18.0 Å².